The molecule has 0 bridgehead atoms. The summed E-state index contributed by atoms with van der Waals surface area (Å²) in [5, 5.41) is 1.60. The van der Waals surface area contributed by atoms with E-state index in [1.165, 1.54) is 13.5 Å². The van der Waals surface area contributed by atoms with E-state index < -0.39 is 25.2 Å². The van der Waals surface area contributed by atoms with Gasteiger partial charge in [0.05, 0.1) is 6.54 Å². The molecule has 0 unspecified atom stereocenters. The fourth-order valence-corrected chi connectivity index (χ4v) is 0.502. The molecule has 0 rings (SSSR count). The van der Waals surface area contributed by atoms with E-state index in [4.69, 9.17) is 0 Å². The Labute approximate surface area is 72.7 Å². The van der Waals surface area contributed by atoms with Crippen LogP contribution >= 0.6 is 0 Å². The van der Waals surface area contributed by atoms with Crippen LogP contribution in [0.1, 0.15) is 0 Å². The fraction of sp³-hybridized carbons (Fsp3) is 0.667. The molecule has 0 atom stereocenters. The number of alkyl halides is 3. The topological polar surface area (TPSA) is 49.4 Å². The lowest BCUT2D eigenvalue weighted by molar-refractivity contribution is -0.138. The van der Waals surface area contributed by atoms with Crippen LogP contribution < -0.4 is 5.32 Å². The molecule has 0 aliphatic rings. The first kappa shape index (κ1) is 11.7. The second kappa shape index (κ2) is 4.68. The van der Waals surface area contributed by atoms with Crippen molar-refractivity contribution in [2.24, 2.45) is 0 Å². The largest absolute Gasteiger partial charge is 0.405 e. The average molecular weight is 197 g/mol. The fourth-order valence-electron chi connectivity index (χ4n) is 0.502. The van der Waals surface area contributed by atoms with Gasteiger partial charge in [-0.1, -0.05) is 0 Å². The number of amides is 2. The van der Waals surface area contributed by atoms with Gasteiger partial charge in [-0.05, 0) is 0 Å². The predicted molar refractivity (Wildman–Crippen MR) is 37.4 cm³/mol. The Kier molecular flexibility index (Phi) is 4.22. The Morgan fingerprint density at radius 2 is 2.08 bits per heavy atom. The number of halogens is 3. The molecule has 0 aromatic rings. The van der Waals surface area contributed by atoms with Crippen LogP contribution in [0, 0.1) is 0 Å². The lowest BCUT2D eigenvalue weighted by Crippen LogP contribution is -2.39. The highest BCUT2D eigenvalue weighted by molar-refractivity contribution is 5.79. The van der Waals surface area contributed by atoms with Gasteiger partial charge in [0.2, 0.25) is 5.91 Å². The van der Waals surface area contributed by atoms with Gasteiger partial charge < -0.3 is 10.2 Å². The van der Waals surface area contributed by atoms with Crippen LogP contribution in [-0.4, -0.2) is 43.5 Å². The molecule has 2 amide bonds. The third-order valence-corrected chi connectivity index (χ3v) is 1.02. The van der Waals surface area contributed by atoms with E-state index in [0.29, 0.717) is 0 Å². The highest BCUT2D eigenvalue weighted by Crippen LogP contribution is 2.11. The van der Waals surface area contributed by atoms with Gasteiger partial charge in [-0.2, -0.15) is 13.2 Å². The summed E-state index contributed by atoms with van der Waals surface area (Å²) in [7, 11) is 1.24. The number of likely N-dealkylation sites (N-methyl/N-ethyl adjacent to an activating group) is 1. The van der Waals surface area contributed by atoms with E-state index in [1.54, 1.807) is 5.32 Å². The number of rotatable bonds is 4. The molecule has 13 heavy (non-hydrogen) atoms. The first-order valence-electron chi connectivity index (χ1n) is 3.27. The summed E-state index contributed by atoms with van der Waals surface area (Å²) in [6, 6.07) is 0. The van der Waals surface area contributed by atoms with Crippen molar-refractivity contribution in [2.75, 3.05) is 20.1 Å². The van der Waals surface area contributed by atoms with Crippen LogP contribution in [0.2, 0.25) is 0 Å². The summed E-state index contributed by atoms with van der Waals surface area (Å²) < 4.78 is 34.6. The van der Waals surface area contributed by atoms with E-state index >= 15 is 0 Å². The van der Waals surface area contributed by atoms with E-state index in [-0.39, 0.29) is 0 Å². The average Bonchev–Trinajstić information content (AvgIpc) is 1.99. The van der Waals surface area contributed by atoms with Gasteiger partial charge >= 0.3 is 12.6 Å². The van der Waals surface area contributed by atoms with Gasteiger partial charge in [0.25, 0.3) is 0 Å². The van der Waals surface area contributed by atoms with E-state index in [2.05, 4.69) is 0 Å². The maximum absolute atomic E-state index is 11.5. The molecule has 4 nitrogen and oxygen atoms in total. The summed E-state index contributed by atoms with van der Waals surface area (Å²) in [6.07, 6.45) is -3.10. The zero-order valence-electron chi connectivity index (χ0n) is 6.81. The molecule has 0 aromatic heterocycles. The van der Waals surface area contributed by atoms with Crippen LogP contribution in [-0.2, 0) is 9.59 Å². The van der Waals surface area contributed by atoms with Crippen molar-refractivity contribution in [1.82, 2.24) is 10.2 Å². The molecule has 0 saturated heterocycles. The Bertz CT molecular complexity index is 193. The van der Waals surface area contributed by atoms with Gasteiger partial charge in [0.15, 0.2) is 0 Å². The summed E-state index contributed by atoms with van der Waals surface area (Å²) in [5.74, 6) is -0.872. The van der Waals surface area contributed by atoms with Gasteiger partial charge in [0.1, 0.15) is 6.54 Å². The van der Waals surface area contributed by atoms with Crippen LogP contribution in [0.5, 0.6) is 0 Å². The highest BCUT2D eigenvalue weighted by Gasteiger charge is 2.27. The van der Waals surface area contributed by atoms with Crippen molar-refractivity contribution in [3.8, 4) is 0 Å². The molecule has 1 N–H and O–H groups in total. The molecule has 7 heteroatoms. The number of nitrogens with one attached hydrogen (secondary N) is 1. The second-order valence-corrected chi connectivity index (χ2v) is 2.34. The number of hydrogen-bond acceptors (Lipinski definition) is 2. The van der Waals surface area contributed by atoms with Crippen LogP contribution in [0.3, 0.4) is 0 Å². The molecule has 0 aliphatic heterocycles. The zero-order valence-corrected chi connectivity index (χ0v) is 6.81. The summed E-state index contributed by atoms with van der Waals surface area (Å²) in [6.45, 7) is -1.82. The number of carbonyl (C=O) groups is 1. The minimum atomic E-state index is -4.43. The van der Waals surface area contributed by atoms with Gasteiger partial charge in [-0.15, -0.1) is 0 Å². The third kappa shape index (κ3) is 7.10. The molecule has 0 saturated carbocycles. The van der Waals surface area contributed by atoms with Crippen molar-refractivity contribution in [3.63, 3.8) is 0 Å². The Hall–Kier alpha value is -1.27. The molecule has 0 aromatic carbocycles. The van der Waals surface area contributed by atoms with Crippen molar-refractivity contribution in [3.05, 3.63) is 0 Å². The van der Waals surface area contributed by atoms with Crippen molar-refractivity contribution in [1.29, 1.82) is 0 Å². The predicted octanol–water partition coefficient (Wildman–Crippen LogP) is -0.336. The van der Waals surface area contributed by atoms with Crippen LogP contribution in [0.4, 0.5) is 13.2 Å². The minimum Gasteiger partial charge on any atom is -0.345 e. The maximum Gasteiger partial charge on any atom is 0.405 e. The smallest absolute Gasteiger partial charge is 0.345 e. The molecule has 0 aliphatic carbocycles. The molecule has 0 spiro atoms. The van der Waals surface area contributed by atoms with Crippen LogP contribution in [0.25, 0.3) is 0 Å². The quantitative estimate of drug-likeness (QED) is 0.627. The van der Waals surface area contributed by atoms with Crippen molar-refractivity contribution in [2.45, 2.75) is 6.18 Å². The van der Waals surface area contributed by atoms with Crippen molar-refractivity contribution >= 4 is 12.3 Å². The Morgan fingerprint density at radius 1 is 1.54 bits per heavy atom. The molecule has 0 fully saturated rings. The summed E-state index contributed by atoms with van der Waals surface area (Å²) >= 11 is 0. The van der Waals surface area contributed by atoms with E-state index in [1.807, 2.05) is 0 Å². The zero-order chi connectivity index (χ0) is 10.5. The lowest BCUT2D eigenvalue weighted by atomic mass is 10.5. The van der Waals surface area contributed by atoms with Gasteiger partial charge in [-0.25, -0.2) is 0 Å². The van der Waals surface area contributed by atoms with Gasteiger partial charge in [-0.3, -0.25) is 9.59 Å². The number of nitrogens with zero attached hydrogens (tertiary/aromatic N) is 1. The highest BCUT2D eigenvalue weighted by atomic mass is 19.4. The Balaban J connectivity index is 3.70. The minimum absolute atomic E-state index is 0.431. The number of hydrogen-bond donors (Lipinski definition) is 1. The van der Waals surface area contributed by atoms with Crippen LogP contribution in [0.15, 0.2) is 0 Å². The van der Waals surface area contributed by atoms with Crippen molar-refractivity contribution < 1.29 is 22.8 Å². The normalized spacial score (nSPS) is 10.8. The maximum atomic E-state index is 11.5. The third-order valence-electron chi connectivity index (χ3n) is 1.02. The number of carbonyl (C=O) groups excluding carboxylic acids is 2. The Morgan fingerprint density at radius 3 is 2.46 bits per heavy atom. The molecular formula is C6H8F3N2O2. The SMILES string of the molecule is CN([C]=O)CC(=O)NCC(F)(F)F. The summed E-state index contributed by atoms with van der Waals surface area (Å²) in [5.41, 5.74) is 0. The molecular weight excluding hydrogens is 189 g/mol. The monoisotopic (exact) mass is 197 g/mol. The molecule has 75 valence electrons. The van der Waals surface area contributed by atoms with Gasteiger partial charge in [0, 0.05) is 7.05 Å². The first-order valence-corrected chi connectivity index (χ1v) is 3.27. The summed E-state index contributed by atoms with van der Waals surface area (Å²) in [4.78, 5) is 21.3. The standard InChI is InChI=1S/C6H8F3N2O2/c1-11(4-12)2-5(13)10-3-6(7,8)9/h2-3H2,1H3,(H,10,13). The second-order valence-electron chi connectivity index (χ2n) is 2.34. The van der Waals surface area contributed by atoms with E-state index in [0.717, 1.165) is 4.90 Å². The first-order chi connectivity index (χ1) is 5.85. The molecule has 0 heterocycles. The lowest BCUT2D eigenvalue weighted by Gasteiger charge is -2.11. The molecule has 1 radical (unpaired) electrons. The van der Waals surface area contributed by atoms with E-state index in [9.17, 15) is 22.8 Å².